The maximum Gasteiger partial charge on any atom is 0.228 e. The topological polar surface area (TPSA) is 20.3 Å². The van der Waals surface area contributed by atoms with Crippen LogP contribution in [0.15, 0.2) is 0 Å². The molecule has 3 heteroatoms. The van der Waals surface area contributed by atoms with Crippen LogP contribution in [0.1, 0.15) is 39.5 Å². The van der Waals surface area contributed by atoms with Crippen molar-refractivity contribution < 1.29 is 4.79 Å². The van der Waals surface area contributed by atoms with Gasteiger partial charge in [-0.25, -0.2) is 0 Å². The van der Waals surface area contributed by atoms with Gasteiger partial charge in [-0.15, -0.1) is 0 Å². The van der Waals surface area contributed by atoms with Gasteiger partial charge in [0.1, 0.15) is 0 Å². The lowest BCUT2D eigenvalue weighted by Crippen LogP contribution is -2.38. The summed E-state index contributed by atoms with van der Waals surface area (Å²) in [5.41, 5.74) is -0.397. The lowest BCUT2D eigenvalue weighted by molar-refractivity contribution is -0.119. The lowest BCUT2D eigenvalue weighted by atomic mass is 9.94. The largest absolute Gasteiger partial charge is 0.302 e. The Morgan fingerprint density at radius 3 is 2.14 bits per heavy atom. The molecular formula is C11H20ClNO. The van der Waals surface area contributed by atoms with Gasteiger partial charge in [0.05, 0.1) is 5.41 Å². The Labute approximate surface area is 91.6 Å². The van der Waals surface area contributed by atoms with E-state index >= 15 is 0 Å². The normalized spacial score (nSPS) is 20.5. The molecule has 14 heavy (non-hydrogen) atoms. The Morgan fingerprint density at radius 1 is 1.21 bits per heavy atom. The molecule has 0 saturated carbocycles. The molecular weight excluding hydrogens is 198 g/mol. The molecule has 0 bridgehead atoms. The summed E-state index contributed by atoms with van der Waals surface area (Å²) in [5, 5.41) is -0.221. The van der Waals surface area contributed by atoms with Gasteiger partial charge in [0.25, 0.3) is 0 Å². The third-order valence-corrected chi connectivity index (χ3v) is 3.36. The number of nitrogens with zero attached hydrogens (tertiary/aromatic N) is 1. The summed E-state index contributed by atoms with van der Waals surface area (Å²) in [6, 6.07) is 0. The Balaban J connectivity index is 2.45. The minimum absolute atomic E-state index is 0.221. The molecule has 0 aliphatic carbocycles. The average Bonchev–Trinajstić information content (AvgIpc) is 2.32. The van der Waals surface area contributed by atoms with Crippen LogP contribution in [-0.4, -0.2) is 29.8 Å². The molecule has 1 saturated heterocycles. The van der Waals surface area contributed by atoms with E-state index < -0.39 is 5.41 Å². The van der Waals surface area contributed by atoms with Gasteiger partial charge in [-0.1, -0.05) is 26.7 Å². The molecule has 0 aromatic carbocycles. The SMILES string of the molecule is CC(C)(CN1CCCCCC1)C(=O)Cl. The number of hydrogen-bond acceptors (Lipinski definition) is 2. The van der Waals surface area contributed by atoms with Crippen LogP contribution in [0.3, 0.4) is 0 Å². The van der Waals surface area contributed by atoms with Gasteiger partial charge in [-0.2, -0.15) is 0 Å². The van der Waals surface area contributed by atoms with E-state index in [1.807, 2.05) is 13.8 Å². The molecule has 0 aromatic rings. The smallest absolute Gasteiger partial charge is 0.228 e. The zero-order chi connectivity index (χ0) is 10.6. The molecule has 0 atom stereocenters. The maximum atomic E-state index is 11.2. The molecule has 1 rings (SSSR count). The highest BCUT2D eigenvalue weighted by molar-refractivity contribution is 6.64. The quantitative estimate of drug-likeness (QED) is 0.678. The Kier molecular flexibility index (Phi) is 4.39. The second kappa shape index (κ2) is 5.13. The monoisotopic (exact) mass is 217 g/mol. The van der Waals surface area contributed by atoms with Crippen LogP contribution in [0.25, 0.3) is 0 Å². The fourth-order valence-corrected chi connectivity index (χ4v) is 1.98. The molecule has 0 amide bonds. The molecule has 0 N–H and O–H groups in total. The molecule has 82 valence electrons. The van der Waals surface area contributed by atoms with Gasteiger partial charge < -0.3 is 4.90 Å². The predicted octanol–water partition coefficient (Wildman–Crippen LogP) is 2.65. The summed E-state index contributed by atoms with van der Waals surface area (Å²) >= 11 is 5.56. The minimum Gasteiger partial charge on any atom is -0.302 e. The van der Waals surface area contributed by atoms with Crippen molar-refractivity contribution in [1.29, 1.82) is 0 Å². The molecule has 0 unspecified atom stereocenters. The van der Waals surface area contributed by atoms with Crippen molar-refractivity contribution in [3.05, 3.63) is 0 Å². The number of halogens is 1. The fraction of sp³-hybridized carbons (Fsp3) is 0.909. The third kappa shape index (κ3) is 3.58. The Hall–Kier alpha value is -0.0800. The Bertz CT molecular complexity index is 195. The van der Waals surface area contributed by atoms with Crippen LogP contribution >= 0.6 is 11.6 Å². The van der Waals surface area contributed by atoms with Crippen molar-refractivity contribution in [2.75, 3.05) is 19.6 Å². The van der Waals surface area contributed by atoms with Gasteiger partial charge in [-0.3, -0.25) is 4.79 Å². The first-order valence-corrected chi connectivity index (χ1v) is 5.82. The number of carbonyl (C=O) groups excluding carboxylic acids is 1. The van der Waals surface area contributed by atoms with Crippen molar-refractivity contribution in [1.82, 2.24) is 4.90 Å². The standard InChI is InChI=1S/C11H20ClNO/c1-11(2,10(12)14)9-13-7-5-3-4-6-8-13/h3-9H2,1-2H3. The highest BCUT2D eigenvalue weighted by Gasteiger charge is 2.28. The van der Waals surface area contributed by atoms with E-state index in [2.05, 4.69) is 4.90 Å². The second-order valence-corrected chi connectivity index (χ2v) is 5.19. The van der Waals surface area contributed by atoms with Gasteiger partial charge in [-0.05, 0) is 37.5 Å². The predicted molar refractivity (Wildman–Crippen MR) is 59.5 cm³/mol. The summed E-state index contributed by atoms with van der Waals surface area (Å²) in [4.78, 5) is 13.5. The van der Waals surface area contributed by atoms with Crippen LogP contribution in [0, 0.1) is 5.41 Å². The average molecular weight is 218 g/mol. The first kappa shape index (κ1) is 12.0. The van der Waals surface area contributed by atoms with E-state index in [9.17, 15) is 4.79 Å². The third-order valence-electron chi connectivity index (χ3n) is 2.85. The number of likely N-dealkylation sites (tertiary alicyclic amines) is 1. The van der Waals surface area contributed by atoms with Crippen LogP contribution < -0.4 is 0 Å². The van der Waals surface area contributed by atoms with E-state index in [0.29, 0.717) is 0 Å². The molecule has 0 aromatic heterocycles. The molecule has 2 nitrogen and oxygen atoms in total. The summed E-state index contributed by atoms with van der Waals surface area (Å²) in [6.45, 7) is 6.89. The second-order valence-electron chi connectivity index (χ2n) is 4.85. The van der Waals surface area contributed by atoms with Gasteiger partial charge in [0, 0.05) is 6.54 Å². The van der Waals surface area contributed by atoms with Crippen molar-refractivity contribution >= 4 is 16.8 Å². The Morgan fingerprint density at radius 2 is 1.71 bits per heavy atom. The summed E-state index contributed by atoms with van der Waals surface area (Å²) in [6.07, 6.45) is 5.16. The number of rotatable bonds is 3. The zero-order valence-corrected chi connectivity index (χ0v) is 9.94. The van der Waals surface area contributed by atoms with Crippen LogP contribution in [0.4, 0.5) is 0 Å². The van der Waals surface area contributed by atoms with Crippen LogP contribution in [-0.2, 0) is 4.79 Å². The minimum atomic E-state index is -0.397. The van der Waals surface area contributed by atoms with Crippen molar-refractivity contribution in [3.8, 4) is 0 Å². The molecule has 1 fully saturated rings. The van der Waals surface area contributed by atoms with Gasteiger partial charge in [0.2, 0.25) is 5.24 Å². The highest BCUT2D eigenvalue weighted by atomic mass is 35.5. The highest BCUT2D eigenvalue weighted by Crippen LogP contribution is 2.22. The lowest BCUT2D eigenvalue weighted by Gasteiger charge is -2.28. The summed E-state index contributed by atoms with van der Waals surface area (Å²) in [7, 11) is 0. The summed E-state index contributed by atoms with van der Waals surface area (Å²) < 4.78 is 0. The van der Waals surface area contributed by atoms with E-state index in [4.69, 9.17) is 11.6 Å². The van der Waals surface area contributed by atoms with E-state index in [1.165, 1.54) is 25.7 Å². The van der Waals surface area contributed by atoms with Crippen LogP contribution in [0.5, 0.6) is 0 Å². The van der Waals surface area contributed by atoms with E-state index in [0.717, 1.165) is 19.6 Å². The number of hydrogen-bond donors (Lipinski definition) is 0. The van der Waals surface area contributed by atoms with E-state index in [-0.39, 0.29) is 5.24 Å². The molecule has 1 aliphatic heterocycles. The van der Waals surface area contributed by atoms with Crippen molar-refractivity contribution in [2.45, 2.75) is 39.5 Å². The first-order chi connectivity index (χ1) is 6.52. The molecule has 0 radical (unpaired) electrons. The maximum absolute atomic E-state index is 11.2. The van der Waals surface area contributed by atoms with Crippen molar-refractivity contribution in [2.24, 2.45) is 5.41 Å². The van der Waals surface area contributed by atoms with Gasteiger partial charge in [0.15, 0.2) is 0 Å². The number of carbonyl (C=O) groups is 1. The molecule has 1 heterocycles. The first-order valence-electron chi connectivity index (χ1n) is 5.45. The van der Waals surface area contributed by atoms with Gasteiger partial charge >= 0.3 is 0 Å². The fourth-order valence-electron chi connectivity index (χ4n) is 1.92. The molecule has 0 spiro atoms. The van der Waals surface area contributed by atoms with Crippen molar-refractivity contribution in [3.63, 3.8) is 0 Å². The van der Waals surface area contributed by atoms with E-state index in [1.54, 1.807) is 0 Å². The zero-order valence-electron chi connectivity index (χ0n) is 9.18. The molecule has 1 aliphatic rings. The summed E-state index contributed by atoms with van der Waals surface area (Å²) in [5.74, 6) is 0. The van der Waals surface area contributed by atoms with Crippen LogP contribution in [0.2, 0.25) is 0 Å².